The SMILES string of the molecule is CCCCc1nc(=S)c2c(=O)n(C)c(=O)n(C)c2[nH]1. The zero-order valence-electron chi connectivity index (χ0n) is 11.2. The molecule has 2 aromatic heterocycles. The van der Waals surface area contributed by atoms with Gasteiger partial charge in [0.1, 0.15) is 21.5 Å². The van der Waals surface area contributed by atoms with Crippen molar-refractivity contribution in [3.63, 3.8) is 0 Å². The Bertz CT molecular complexity index is 800. The van der Waals surface area contributed by atoms with Crippen molar-refractivity contribution in [3.05, 3.63) is 31.3 Å². The highest BCUT2D eigenvalue weighted by Gasteiger charge is 2.12. The van der Waals surface area contributed by atoms with E-state index in [1.54, 1.807) is 7.05 Å². The van der Waals surface area contributed by atoms with Gasteiger partial charge in [0.2, 0.25) is 0 Å². The molecule has 2 rings (SSSR count). The summed E-state index contributed by atoms with van der Waals surface area (Å²) < 4.78 is 2.68. The van der Waals surface area contributed by atoms with E-state index in [4.69, 9.17) is 12.2 Å². The minimum atomic E-state index is -0.408. The molecule has 2 heterocycles. The second-order valence-corrected chi connectivity index (χ2v) is 4.91. The van der Waals surface area contributed by atoms with Crippen LogP contribution in [0.15, 0.2) is 9.59 Å². The number of hydrogen-bond donors (Lipinski definition) is 1. The average molecular weight is 280 g/mol. The molecule has 0 aliphatic heterocycles. The van der Waals surface area contributed by atoms with Crippen LogP contribution in [0, 0.1) is 4.64 Å². The van der Waals surface area contributed by atoms with Crippen LogP contribution in [0.25, 0.3) is 11.0 Å². The fourth-order valence-corrected chi connectivity index (χ4v) is 2.28. The van der Waals surface area contributed by atoms with E-state index in [1.807, 2.05) is 0 Å². The number of aromatic amines is 1. The number of unbranched alkanes of at least 4 members (excludes halogenated alkanes) is 1. The molecule has 0 aliphatic rings. The van der Waals surface area contributed by atoms with Crippen LogP contribution in [0.5, 0.6) is 0 Å². The van der Waals surface area contributed by atoms with Crippen molar-refractivity contribution in [2.24, 2.45) is 14.1 Å². The Kier molecular flexibility index (Phi) is 3.66. The van der Waals surface area contributed by atoms with E-state index in [9.17, 15) is 9.59 Å². The lowest BCUT2D eigenvalue weighted by Crippen LogP contribution is -2.37. The van der Waals surface area contributed by atoms with Crippen molar-refractivity contribution in [1.82, 2.24) is 19.1 Å². The summed E-state index contributed by atoms with van der Waals surface area (Å²) in [6.07, 6.45) is 2.76. The maximum atomic E-state index is 12.1. The smallest absolute Gasteiger partial charge is 0.329 e. The van der Waals surface area contributed by atoms with Gasteiger partial charge in [0.25, 0.3) is 5.56 Å². The van der Waals surface area contributed by atoms with Gasteiger partial charge in [-0.05, 0) is 6.42 Å². The molecule has 0 aliphatic carbocycles. The highest BCUT2D eigenvalue weighted by atomic mass is 32.1. The monoisotopic (exact) mass is 280 g/mol. The molecule has 7 heteroatoms. The van der Waals surface area contributed by atoms with Gasteiger partial charge < -0.3 is 4.98 Å². The van der Waals surface area contributed by atoms with E-state index < -0.39 is 5.56 Å². The number of hydrogen-bond acceptors (Lipinski definition) is 4. The number of fused-ring (bicyclic) bond motifs is 1. The van der Waals surface area contributed by atoms with Gasteiger partial charge in [-0.3, -0.25) is 13.9 Å². The molecule has 0 unspecified atom stereocenters. The van der Waals surface area contributed by atoms with Crippen LogP contribution in [0.3, 0.4) is 0 Å². The molecule has 0 saturated carbocycles. The topological polar surface area (TPSA) is 72.7 Å². The number of nitrogens with zero attached hydrogens (tertiary/aromatic N) is 3. The highest BCUT2D eigenvalue weighted by Crippen LogP contribution is 2.07. The van der Waals surface area contributed by atoms with Crippen molar-refractivity contribution in [2.75, 3.05) is 0 Å². The lowest BCUT2D eigenvalue weighted by Gasteiger charge is -2.09. The van der Waals surface area contributed by atoms with Crippen LogP contribution >= 0.6 is 12.2 Å². The Morgan fingerprint density at radius 2 is 1.95 bits per heavy atom. The van der Waals surface area contributed by atoms with Crippen molar-refractivity contribution in [3.8, 4) is 0 Å². The molecule has 0 radical (unpaired) electrons. The van der Waals surface area contributed by atoms with Crippen LogP contribution in [0.4, 0.5) is 0 Å². The van der Waals surface area contributed by atoms with Crippen LogP contribution in [0.1, 0.15) is 25.6 Å². The predicted octanol–water partition coefficient (Wildman–Crippen LogP) is 1.03. The molecule has 0 saturated heterocycles. The van der Waals surface area contributed by atoms with E-state index in [2.05, 4.69) is 16.9 Å². The number of H-pyrrole nitrogens is 1. The fourth-order valence-electron chi connectivity index (χ4n) is 1.99. The summed E-state index contributed by atoms with van der Waals surface area (Å²) in [6.45, 7) is 2.08. The Labute approximate surface area is 114 Å². The number of rotatable bonds is 3. The summed E-state index contributed by atoms with van der Waals surface area (Å²) in [6, 6.07) is 0. The first-order valence-electron chi connectivity index (χ1n) is 6.16. The zero-order chi connectivity index (χ0) is 14.2. The molecular formula is C12H16N4O2S. The molecule has 0 atom stereocenters. The van der Waals surface area contributed by atoms with E-state index in [1.165, 1.54) is 11.6 Å². The molecule has 2 aromatic rings. The summed E-state index contributed by atoms with van der Waals surface area (Å²) in [7, 11) is 3.04. The standard InChI is InChI=1S/C12H16N4O2S/c1-4-5-6-7-13-9-8(10(19)14-7)11(17)16(3)12(18)15(9)2/h4-6H2,1-3H3,(H,13,14,19). The second kappa shape index (κ2) is 5.08. The Morgan fingerprint density at radius 1 is 1.26 bits per heavy atom. The summed E-state index contributed by atoms with van der Waals surface area (Å²) in [4.78, 5) is 31.3. The molecule has 1 N–H and O–H groups in total. The van der Waals surface area contributed by atoms with Crippen LogP contribution in [0.2, 0.25) is 0 Å². The predicted molar refractivity (Wildman–Crippen MR) is 76.0 cm³/mol. The van der Waals surface area contributed by atoms with Gasteiger partial charge in [-0.15, -0.1) is 0 Å². The summed E-state index contributed by atoms with van der Waals surface area (Å²) in [5.41, 5.74) is -0.344. The molecule has 6 nitrogen and oxygen atoms in total. The highest BCUT2D eigenvalue weighted by molar-refractivity contribution is 7.71. The summed E-state index contributed by atoms with van der Waals surface area (Å²) in [5.74, 6) is 0.711. The summed E-state index contributed by atoms with van der Waals surface area (Å²) in [5, 5.41) is 0.292. The largest absolute Gasteiger partial charge is 0.332 e. The molecule has 0 aromatic carbocycles. The fraction of sp³-hybridized carbons (Fsp3) is 0.500. The van der Waals surface area contributed by atoms with Crippen LogP contribution < -0.4 is 11.2 Å². The molecule has 0 spiro atoms. The van der Waals surface area contributed by atoms with E-state index in [0.29, 0.717) is 16.9 Å². The van der Waals surface area contributed by atoms with Gasteiger partial charge in [0.15, 0.2) is 0 Å². The van der Waals surface area contributed by atoms with E-state index in [0.717, 1.165) is 23.8 Å². The summed E-state index contributed by atoms with van der Waals surface area (Å²) >= 11 is 5.18. The Hall–Kier alpha value is -1.76. The molecule has 0 amide bonds. The first-order valence-corrected chi connectivity index (χ1v) is 6.57. The zero-order valence-corrected chi connectivity index (χ0v) is 12.0. The lowest BCUT2D eigenvalue weighted by atomic mass is 10.2. The quantitative estimate of drug-likeness (QED) is 0.852. The van der Waals surface area contributed by atoms with Gasteiger partial charge in [0, 0.05) is 20.5 Å². The third-order valence-electron chi connectivity index (χ3n) is 3.14. The molecule has 102 valence electrons. The molecule has 0 fully saturated rings. The minimum absolute atomic E-state index is 0.246. The van der Waals surface area contributed by atoms with Crippen molar-refractivity contribution >= 4 is 23.3 Å². The van der Waals surface area contributed by atoms with Gasteiger partial charge in [0.05, 0.1) is 0 Å². The second-order valence-electron chi connectivity index (χ2n) is 4.52. The van der Waals surface area contributed by atoms with Gasteiger partial charge in [-0.25, -0.2) is 9.78 Å². The minimum Gasteiger partial charge on any atom is -0.329 e. The van der Waals surface area contributed by atoms with Crippen LogP contribution in [-0.2, 0) is 20.5 Å². The average Bonchev–Trinajstić information content (AvgIpc) is 2.39. The third kappa shape index (κ3) is 2.25. The number of aryl methyl sites for hydroxylation is 2. The maximum Gasteiger partial charge on any atom is 0.332 e. The normalized spacial score (nSPS) is 11.1. The van der Waals surface area contributed by atoms with Gasteiger partial charge in [-0.2, -0.15) is 0 Å². The first-order chi connectivity index (χ1) is 8.97. The lowest BCUT2D eigenvalue weighted by molar-refractivity contribution is 0.696. The first kappa shape index (κ1) is 13.7. The van der Waals surface area contributed by atoms with Crippen molar-refractivity contribution in [1.29, 1.82) is 0 Å². The molecular weight excluding hydrogens is 264 g/mol. The van der Waals surface area contributed by atoms with Crippen LogP contribution in [-0.4, -0.2) is 19.1 Å². The van der Waals surface area contributed by atoms with E-state index in [-0.39, 0.29) is 10.3 Å². The van der Waals surface area contributed by atoms with Crippen molar-refractivity contribution in [2.45, 2.75) is 26.2 Å². The number of aromatic nitrogens is 4. The van der Waals surface area contributed by atoms with Gasteiger partial charge >= 0.3 is 5.69 Å². The molecule has 19 heavy (non-hydrogen) atoms. The third-order valence-corrected chi connectivity index (χ3v) is 3.44. The Morgan fingerprint density at radius 3 is 2.58 bits per heavy atom. The van der Waals surface area contributed by atoms with E-state index >= 15 is 0 Å². The van der Waals surface area contributed by atoms with Gasteiger partial charge in [-0.1, -0.05) is 25.6 Å². The van der Waals surface area contributed by atoms with Crippen molar-refractivity contribution < 1.29 is 0 Å². The maximum absolute atomic E-state index is 12.1. The number of nitrogens with one attached hydrogen (secondary N) is 1. The Balaban J connectivity index is 2.86. The molecule has 0 bridgehead atoms.